The number of hydrogen-bond acceptors (Lipinski definition) is 3. The van der Waals surface area contributed by atoms with Gasteiger partial charge in [0.25, 0.3) is 0 Å². The van der Waals surface area contributed by atoms with Crippen molar-refractivity contribution in [2.45, 2.75) is 44.6 Å². The summed E-state index contributed by atoms with van der Waals surface area (Å²) in [6, 6.07) is 0.633. The minimum atomic E-state index is 0.633. The lowest BCUT2D eigenvalue weighted by Crippen LogP contribution is -2.32. The van der Waals surface area contributed by atoms with E-state index in [1.165, 1.54) is 38.5 Å². The molecule has 2 rings (SSSR count). The first-order chi connectivity index (χ1) is 7.79. The predicted molar refractivity (Wildman–Crippen MR) is 69.6 cm³/mol. The molecule has 0 atom stereocenters. The molecule has 0 aliphatic heterocycles. The van der Waals surface area contributed by atoms with Gasteiger partial charge in [-0.25, -0.2) is 9.97 Å². The summed E-state index contributed by atoms with van der Waals surface area (Å²) < 4.78 is 0.988. The van der Waals surface area contributed by atoms with Gasteiger partial charge in [0.1, 0.15) is 12.1 Å². The van der Waals surface area contributed by atoms with E-state index in [4.69, 9.17) is 0 Å². The zero-order valence-corrected chi connectivity index (χ0v) is 11.3. The molecule has 16 heavy (non-hydrogen) atoms. The van der Waals surface area contributed by atoms with Gasteiger partial charge < -0.3 is 4.90 Å². The maximum atomic E-state index is 4.35. The molecule has 0 spiro atoms. The van der Waals surface area contributed by atoms with E-state index >= 15 is 0 Å². The average molecular weight is 284 g/mol. The maximum absolute atomic E-state index is 4.35. The number of rotatable bonds is 2. The Morgan fingerprint density at radius 2 is 1.94 bits per heavy atom. The van der Waals surface area contributed by atoms with E-state index in [-0.39, 0.29) is 0 Å². The minimum absolute atomic E-state index is 0.633. The SMILES string of the molecule is CN(c1ncncc1Br)C1CCCCCC1. The molecule has 0 amide bonds. The average Bonchev–Trinajstić information content (AvgIpc) is 2.57. The largest absolute Gasteiger partial charge is 0.356 e. The number of halogens is 1. The summed E-state index contributed by atoms with van der Waals surface area (Å²) >= 11 is 3.52. The molecule has 1 saturated carbocycles. The van der Waals surface area contributed by atoms with Crippen LogP contribution in [0.4, 0.5) is 5.82 Å². The lowest BCUT2D eigenvalue weighted by atomic mass is 10.1. The second-order valence-electron chi connectivity index (χ2n) is 4.45. The molecule has 0 radical (unpaired) electrons. The Kier molecular flexibility index (Phi) is 4.16. The zero-order valence-electron chi connectivity index (χ0n) is 9.69. The second-order valence-corrected chi connectivity index (χ2v) is 5.30. The van der Waals surface area contributed by atoms with E-state index in [1.807, 2.05) is 6.20 Å². The van der Waals surface area contributed by atoms with Gasteiger partial charge in [-0.15, -0.1) is 0 Å². The quantitative estimate of drug-likeness (QED) is 0.779. The van der Waals surface area contributed by atoms with Crippen LogP contribution in [-0.4, -0.2) is 23.1 Å². The van der Waals surface area contributed by atoms with Crippen LogP contribution in [-0.2, 0) is 0 Å². The summed E-state index contributed by atoms with van der Waals surface area (Å²) in [6.07, 6.45) is 11.5. The lowest BCUT2D eigenvalue weighted by Gasteiger charge is -2.28. The molecule has 0 N–H and O–H groups in total. The molecular formula is C12H18BrN3. The van der Waals surface area contributed by atoms with E-state index in [1.54, 1.807) is 6.33 Å². The predicted octanol–water partition coefficient (Wildman–Crippen LogP) is 3.40. The fourth-order valence-corrected chi connectivity index (χ4v) is 2.88. The molecule has 88 valence electrons. The van der Waals surface area contributed by atoms with Crippen LogP contribution in [0.3, 0.4) is 0 Å². The lowest BCUT2D eigenvalue weighted by molar-refractivity contribution is 0.548. The van der Waals surface area contributed by atoms with Crippen molar-refractivity contribution in [2.75, 3.05) is 11.9 Å². The highest BCUT2D eigenvalue weighted by atomic mass is 79.9. The van der Waals surface area contributed by atoms with E-state index in [2.05, 4.69) is 37.8 Å². The minimum Gasteiger partial charge on any atom is -0.356 e. The summed E-state index contributed by atoms with van der Waals surface area (Å²) in [4.78, 5) is 10.7. The highest BCUT2D eigenvalue weighted by Gasteiger charge is 2.19. The van der Waals surface area contributed by atoms with Crippen LogP contribution in [0.15, 0.2) is 17.0 Å². The fourth-order valence-electron chi connectivity index (χ4n) is 2.38. The Balaban J connectivity index is 2.11. The van der Waals surface area contributed by atoms with E-state index in [0.717, 1.165) is 10.3 Å². The molecule has 0 aromatic carbocycles. The highest BCUT2D eigenvalue weighted by Crippen LogP contribution is 2.28. The normalized spacial score (nSPS) is 18.1. The van der Waals surface area contributed by atoms with Crippen molar-refractivity contribution in [3.05, 3.63) is 17.0 Å². The van der Waals surface area contributed by atoms with Crippen molar-refractivity contribution in [1.82, 2.24) is 9.97 Å². The van der Waals surface area contributed by atoms with Crippen LogP contribution in [0, 0.1) is 0 Å². The van der Waals surface area contributed by atoms with Crippen LogP contribution >= 0.6 is 15.9 Å². The second kappa shape index (κ2) is 5.62. The van der Waals surface area contributed by atoms with Crippen molar-refractivity contribution in [2.24, 2.45) is 0 Å². The first-order valence-electron chi connectivity index (χ1n) is 5.97. The van der Waals surface area contributed by atoms with Crippen molar-refractivity contribution in [1.29, 1.82) is 0 Å². The molecule has 0 unspecified atom stereocenters. The third kappa shape index (κ3) is 2.73. The molecular weight excluding hydrogens is 266 g/mol. The summed E-state index contributed by atoms with van der Waals surface area (Å²) in [5.41, 5.74) is 0. The number of anilines is 1. The van der Waals surface area contributed by atoms with Crippen LogP contribution in [0.2, 0.25) is 0 Å². The van der Waals surface area contributed by atoms with Gasteiger partial charge in [0.05, 0.1) is 4.47 Å². The first-order valence-corrected chi connectivity index (χ1v) is 6.76. The molecule has 1 aliphatic rings. The topological polar surface area (TPSA) is 29.0 Å². The van der Waals surface area contributed by atoms with E-state index < -0.39 is 0 Å². The van der Waals surface area contributed by atoms with Crippen LogP contribution < -0.4 is 4.90 Å². The molecule has 1 heterocycles. The molecule has 4 heteroatoms. The van der Waals surface area contributed by atoms with Gasteiger partial charge in [0.2, 0.25) is 0 Å². The standard InChI is InChI=1S/C12H18BrN3/c1-16(10-6-4-2-3-5-7-10)12-11(13)8-14-9-15-12/h8-10H,2-7H2,1H3. The zero-order chi connectivity index (χ0) is 11.4. The van der Waals surface area contributed by atoms with Gasteiger partial charge in [0, 0.05) is 19.3 Å². The van der Waals surface area contributed by atoms with Gasteiger partial charge in [-0.1, -0.05) is 25.7 Å². The first kappa shape index (κ1) is 11.8. The Morgan fingerprint density at radius 3 is 2.56 bits per heavy atom. The Morgan fingerprint density at radius 1 is 1.25 bits per heavy atom. The molecule has 1 aliphatic carbocycles. The molecule has 0 bridgehead atoms. The van der Waals surface area contributed by atoms with Gasteiger partial charge in [0.15, 0.2) is 0 Å². The third-order valence-corrected chi connectivity index (χ3v) is 3.91. The summed E-state index contributed by atoms with van der Waals surface area (Å²) in [7, 11) is 2.14. The van der Waals surface area contributed by atoms with E-state index in [0.29, 0.717) is 6.04 Å². The Labute approximate surface area is 105 Å². The van der Waals surface area contributed by atoms with Crippen LogP contribution in [0.5, 0.6) is 0 Å². The van der Waals surface area contributed by atoms with Crippen LogP contribution in [0.25, 0.3) is 0 Å². The summed E-state index contributed by atoms with van der Waals surface area (Å²) in [5.74, 6) is 1.02. The Bertz CT molecular complexity index is 335. The highest BCUT2D eigenvalue weighted by molar-refractivity contribution is 9.10. The molecule has 1 aromatic heterocycles. The van der Waals surface area contributed by atoms with Crippen LogP contribution in [0.1, 0.15) is 38.5 Å². The van der Waals surface area contributed by atoms with Gasteiger partial charge in [-0.2, -0.15) is 0 Å². The molecule has 0 saturated heterocycles. The monoisotopic (exact) mass is 283 g/mol. The Hall–Kier alpha value is -0.640. The smallest absolute Gasteiger partial charge is 0.146 e. The third-order valence-electron chi connectivity index (χ3n) is 3.35. The maximum Gasteiger partial charge on any atom is 0.146 e. The summed E-state index contributed by atoms with van der Waals surface area (Å²) in [5, 5.41) is 0. The molecule has 1 aromatic rings. The van der Waals surface area contributed by atoms with E-state index in [9.17, 15) is 0 Å². The number of hydrogen-bond donors (Lipinski definition) is 0. The number of aromatic nitrogens is 2. The van der Waals surface area contributed by atoms with Gasteiger partial charge >= 0.3 is 0 Å². The van der Waals surface area contributed by atoms with Crippen molar-refractivity contribution >= 4 is 21.7 Å². The molecule has 3 nitrogen and oxygen atoms in total. The van der Waals surface area contributed by atoms with Crippen molar-refractivity contribution in [3.63, 3.8) is 0 Å². The number of nitrogens with zero attached hydrogens (tertiary/aromatic N) is 3. The van der Waals surface area contributed by atoms with Crippen molar-refractivity contribution in [3.8, 4) is 0 Å². The fraction of sp³-hybridized carbons (Fsp3) is 0.667. The van der Waals surface area contributed by atoms with Gasteiger partial charge in [-0.3, -0.25) is 0 Å². The van der Waals surface area contributed by atoms with Crippen molar-refractivity contribution < 1.29 is 0 Å². The summed E-state index contributed by atoms with van der Waals surface area (Å²) in [6.45, 7) is 0. The van der Waals surface area contributed by atoms with Gasteiger partial charge in [-0.05, 0) is 28.8 Å². The molecule has 1 fully saturated rings.